The zero-order chi connectivity index (χ0) is 12.5. The summed E-state index contributed by atoms with van der Waals surface area (Å²) in [6, 6.07) is 0. The van der Waals surface area contributed by atoms with Crippen LogP contribution in [-0.2, 0) is 0 Å². The van der Waals surface area contributed by atoms with Crippen LogP contribution in [0.2, 0.25) is 0 Å². The lowest BCUT2D eigenvalue weighted by molar-refractivity contribution is 0.257. The van der Waals surface area contributed by atoms with Gasteiger partial charge >= 0.3 is 0 Å². The molecule has 2 N–H and O–H groups in total. The molecule has 0 spiro atoms. The van der Waals surface area contributed by atoms with Gasteiger partial charge in [0.25, 0.3) is 0 Å². The number of nitrogens with two attached hydrogens (primary N) is 1. The normalized spacial score (nSPS) is 19.4. The Morgan fingerprint density at radius 1 is 1.18 bits per heavy atom. The predicted octanol–water partition coefficient (Wildman–Crippen LogP) is 1.05. The molecule has 17 heavy (non-hydrogen) atoms. The van der Waals surface area contributed by atoms with Crippen LogP contribution < -0.4 is 10.6 Å². The average Bonchev–Trinajstić information content (AvgIpc) is 2.34. The summed E-state index contributed by atoms with van der Waals surface area (Å²) in [6.45, 7) is 8.86. The largest absolute Gasteiger partial charge is 0.339 e. The number of anilines is 1. The fraction of sp³-hybridized carbons (Fsp3) is 0.750. The molecule has 5 nitrogen and oxygen atoms in total. The van der Waals surface area contributed by atoms with Crippen LogP contribution in [-0.4, -0.2) is 34.8 Å². The summed E-state index contributed by atoms with van der Waals surface area (Å²) in [5.74, 6) is 0.757. The number of rotatable bonds is 2. The van der Waals surface area contributed by atoms with Crippen LogP contribution in [0, 0.1) is 19.3 Å². The van der Waals surface area contributed by atoms with Crippen molar-refractivity contribution in [1.29, 1.82) is 0 Å². The fourth-order valence-electron chi connectivity index (χ4n) is 2.03. The lowest BCUT2D eigenvalue weighted by Gasteiger charge is -2.38. The first-order valence-corrected chi connectivity index (χ1v) is 6.17. The number of piperidine rings is 1. The van der Waals surface area contributed by atoms with Crippen LogP contribution in [0.25, 0.3) is 0 Å². The third-order valence-electron chi connectivity index (χ3n) is 3.83. The van der Waals surface area contributed by atoms with E-state index in [-0.39, 0.29) is 5.41 Å². The maximum atomic E-state index is 5.80. The molecule has 1 aromatic rings. The van der Waals surface area contributed by atoms with E-state index in [1.807, 2.05) is 13.8 Å². The molecule has 0 aromatic carbocycles. The molecule has 1 aliphatic heterocycles. The molecule has 1 aliphatic rings. The van der Waals surface area contributed by atoms with Gasteiger partial charge in [0.05, 0.1) is 11.4 Å². The predicted molar refractivity (Wildman–Crippen MR) is 67.9 cm³/mol. The maximum Gasteiger partial charge on any atom is 0.245 e. The van der Waals surface area contributed by atoms with Crippen LogP contribution in [0.4, 0.5) is 5.95 Å². The van der Waals surface area contributed by atoms with Crippen LogP contribution in [0.5, 0.6) is 0 Å². The van der Waals surface area contributed by atoms with E-state index < -0.39 is 0 Å². The number of aryl methyl sites for hydroxylation is 2. The first kappa shape index (κ1) is 12.2. The van der Waals surface area contributed by atoms with Crippen molar-refractivity contribution in [2.24, 2.45) is 11.1 Å². The van der Waals surface area contributed by atoms with Gasteiger partial charge in [-0.05, 0) is 38.6 Å². The highest BCUT2D eigenvalue weighted by molar-refractivity contribution is 5.30. The molecular formula is C12H21N5. The number of hydrogen-bond acceptors (Lipinski definition) is 5. The molecule has 94 valence electrons. The monoisotopic (exact) mass is 235 g/mol. The summed E-state index contributed by atoms with van der Waals surface area (Å²) in [5, 5.41) is 8.30. The molecule has 2 rings (SSSR count). The van der Waals surface area contributed by atoms with Gasteiger partial charge in [0.2, 0.25) is 5.95 Å². The molecule has 1 saturated heterocycles. The Bertz CT molecular complexity index is 396. The first-order valence-electron chi connectivity index (χ1n) is 6.17. The van der Waals surface area contributed by atoms with Crippen LogP contribution in [0.3, 0.4) is 0 Å². The Kier molecular flexibility index (Phi) is 3.28. The number of hydrogen-bond donors (Lipinski definition) is 1. The second-order valence-corrected chi connectivity index (χ2v) is 5.28. The van der Waals surface area contributed by atoms with Gasteiger partial charge in [0, 0.05) is 13.1 Å². The summed E-state index contributed by atoms with van der Waals surface area (Å²) in [5.41, 5.74) is 7.95. The second kappa shape index (κ2) is 4.56. The van der Waals surface area contributed by atoms with E-state index in [2.05, 4.69) is 27.0 Å². The number of nitrogens with zero attached hydrogens (tertiary/aromatic N) is 4. The third-order valence-corrected chi connectivity index (χ3v) is 3.83. The highest BCUT2D eigenvalue weighted by Gasteiger charge is 2.29. The van der Waals surface area contributed by atoms with Gasteiger partial charge < -0.3 is 10.6 Å². The van der Waals surface area contributed by atoms with Gasteiger partial charge in [-0.3, -0.25) is 0 Å². The van der Waals surface area contributed by atoms with E-state index in [1.165, 1.54) is 0 Å². The SMILES string of the molecule is Cc1nnc(N2CCC(C)(CN)CC2)nc1C. The second-order valence-electron chi connectivity index (χ2n) is 5.28. The molecule has 0 radical (unpaired) electrons. The Morgan fingerprint density at radius 2 is 1.82 bits per heavy atom. The minimum absolute atomic E-state index is 0.281. The summed E-state index contributed by atoms with van der Waals surface area (Å²) >= 11 is 0. The minimum Gasteiger partial charge on any atom is -0.339 e. The summed E-state index contributed by atoms with van der Waals surface area (Å²) < 4.78 is 0. The van der Waals surface area contributed by atoms with Crippen molar-refractivity contribution in [1.82, 2.24) is 15.2 Å². The zero-order valence-corrected chi connectivity index (χ0v) is 10.9. The Balaban J connectivity index is 2.08. The van der Waals surface area contributed by atoms with Crippen molar-refractivity contribution in [3.05, 3.63) is 11.4 Å². The van der Waals surface area contributed by atoms with E-state index in [9.17, 15) is 0 Å². The van der Waals surface area contributed by atoms with Gasteiger partial charge in [0.15, 0.2) is 0 Å². The molecule has 1 fully saturated rings. The molecule has 0 aliphatic carbocycles. The minimum atomic E-state index is 0.281. The van der Waals surface area contributed by atoms with Crippen LogP contribution >= 0.6 is 0 Å². The summed E-state index contributed by atoms with van der Waals surface area (Å²) in [7, 11) is 0. The van der Waals surface area contributed by atoms with Crippen molar-refractivity contribution in [3.8, 4) is 0 Å². The van der Waals surface area contributed by atoms with Crippen LogP contribution in [0.15, 0.2) is 0 Å². The van der Waals surface area contributed by atoms with E-state index in [1.54, 1.807) is 0 Å². The lowest BCUT2D eigenvalue weighted by atomic mass is 9.81. The highest BCUT2D eigenvalue weighted by atomic mass is 15.3. The van der Waals surface area contributed by atoms with Crippen molar-refractivity contribution in [2.75, 3.05) is 24.5 Å². The molecule has 0 atom stereocenters. The van der Waals surface area contributed by atoms with Crippen molar-refractivity contribution >= 4 is 5.95 Å². The molecule has 0 amide bonds. The molecule has 0 unspecified atom stereocenters. The van der Waals surface area contributed by atoms with E-state index in [4.69, 9.17) is 5.73 Å². The topological polar surface area (TPSA) is 67.9 Å². The van der Waals surface area contributed by atoms with Gasteiger partial charge in [-0.2, -0.15) is 5.10 Å². The Hall–Kier alpha value is -1.23. The van der Waals surface area contributed by atoms with Gasteiger partial charge in [-0.25, -0.2) is 4.98 Å². The average molecular weight is 235 g/mol. The molecular weight excluding hydrogens is 214 g/mol. The Labute approximate surface area is 102 Å². The molecule has 1 aromatic heterocycles. The van der Waals surface area contributed by atoms with Gasteiger partial charge in [-0.1, -0.05) is 6.92 Å². The van der Waals surface area contributed by atoms with Crippen molar-refractivity contribution in [3.63, 3.8) is 0 Å². The standard InChI is InChI=1S/C12H21N5/c1-9-10(2)15-16-11(14-9)17-6-4-12(3,8-13)5-7-17/h4-8,13H2,1-3H3. The molecule has 2 heterocycles. The zero-order valence-electron chi connectivity index (χ0n) is 10.9. The van der Waals surface area contributed by atoms with E-state index in [0.29, 0.717) is 0 Å². The third kappa shape index (κ3) is 2.54. The fourth-order valence-corrected chi connectivity index (χ4v) is 2.03. The maximum absolute atomic E-state index is 5.80. The molecule has 5 heteroatoms. The van der Waals surface area contributed by atoms with E-state index in [0.717, 1.165) is 49.8 Å². The van der Waals surface area contributed by atoms with Crippen molar-refractivity contribution < 1.29 is 0 Å². The molecule has 0 saturated carbocycles. The van der Waals surface area contributed by atoms with E-state index >= 15 is 0 Å². The van der Waals surface area contributed by atoms with Crippen molar-refractivity contribution in [2.45, 2.75) is 33.6 Å². The summed E-state index contributed by atoms with van der Waals surface area (Å²) in [4.78, 5) is 6.70. The number of aromatic nitrogens is 3. The van der Waals surface area contributed by atoms with Gasteiger partial charge in [0.1, 0.15) is 0 Å². The smallest absolute Gasteiger partial charge is 0.245 e. The molecule has 0 bridgehead atoms. The Morgan fingerprint density at radius 3 is 2.35 bits per heavy atom. The summed E-state index contributed by atoms with van der Waals surface area (Å²) in [6.07, 6.45) is 2.19. The van der Waals surface area contributed by atoms with Gasteiger partial charge in [-0.15, -0.1) is 5.10 Å². The lowest BCUT2D eigenvalue weighted by Crippen LogP contribution is -2.43. The van der Waals surface area contributed by atoms with Crippen LogP contribution in [0.1, 0.15) is 31.2 Å². The quantitative estimate of drug-likeness (QED) is 0.830. The highest BCUT2D eigenvalue weighted by Crippen LogP contribution is 2.30. The first-order chi connectivity index (χ1) is 8.04.